The molecule has 88 valence electrons. The minimum atomic E-state index is 0.144. The summed E-state index contributed by atoms with van der Waals surface area (Å²) in [5.74, 6) is 0.339. The Kier molecular flexibility index (Phi) is 4.79. The summed E-state index contributed by atoms with van der Waals surface area (Å²) in [6.07, 6.45) is 1.42. The fourth-order valence-corrected chi connectivity index (χ4v) is 1.73. The van der Waals surface area contributed by atoms with Gasteiger partial charge in [0.25, 0.3) is 0 Å². The van der Waals surface area contributed by atoms with Crippen molar-refractivity contribution in [3.8, 4) is 5.75 Å². The van der Waals surface area contributed by atoms with Gasteiger partial charge in [-0.05, 0) is 0 Å². The second-order valence-corrected chi connectivity index (χ2v) is 3.51. The Hall–Kier alpha value is -1.04. The molecule has 0 aliphatic carbocycles. The summed E-state index contributed by atoms with van der Waals surface area (Å²) in [6.45, 7) is 0.144. The Bertz CT molecular complexity index is 410. The van der Waals surface area contributed by atoms with Crippen LogP contribution in [0.4, 0.5) is 0 Å². The predicted octanol–water partition coefficient (Wildman–Crippen LogP) is 1.71. The molecule has 0 aliphatic rings. The number of hydrogen-bond donors (Lipinski definition) is 1. The molecule has 0 saturated heterocycles. The molecule has 0 fully saturated rings. The highest BCUT2D eigenvalue weighted by Gasteiger charge is 2.16. The van der Waals surface area contributed by atoms with Crippen molar-refractivity contribution in [1.82, 2.24) is 4.98 Å². The van der Waals surface area contributed by atoms with E-state index in [9.17, 15) is 0 Å². The fourth-order valence-electron chi connectivity index (χ4n) is 1.12. The summed E-state index contributed by atoms with van der Waals surface area (Å²) in [7, 11) is 2.88. The standard InChI is InChI=1S/C9H11Cl2N3O2/c1-15-9-5(10)4-13-8(7(9)11)6(3-12)14-16-2/h4H,3,12H2,1-2H3. The predicted molar refractivity (Wildman–Crippen MR) is 63.4 cm³/mol. The van der Waals surface area contributed by atoms with Crippen LogP contribution in [-0.4, -0.2) is 31.5 Å². The minimum Gasteiger partial charge on any atom is -0.493 e. The third kappa shape index (κ3) is 2.55. The Morgan fingerprint density at radius 2 is 2.19 bits per heavy atom. The molecule has 7 heteroatoms. The van der Waals surface area contributed by atoms with Crippen LogP contribution in [0, 0.1) is 0 Å². The molecule has 0 aromatic carbocycles. The molecule has 0 radical (unpaired) electrons. The number of pyridine rings is 1. The molecule has 1 rings (SSSR count). The summed E-state index contributed by atoms with van der Waals surface area (Å²) in [5, 5.41) is 4.31. The summed E-state index contributed by atoms with van der Waals surface area (Å²) >= 11 is 11.9. The van der Waals surface area contributed by atoms with E-state index in [4.69, 9.17) is 33.7 Å². The van der Waals surface area contributed by atoms with Crippen LogP contribution in [0.15, 0.2) is 11.4 Å². The first-order chi connectivity index (χ1) is 7.65. The van der Waals surface area contributed by atoms with Crippen LogP contribution in [0.3, 0.4) is 0 Å². The van der Waals surface area contributed by atoms with Gasteiger partial charge in [0.1, 0.15) is 28.6 Å². The molecule has 2 N–H and O–H groups in total. The lowest BCUT2D eigenvalue weighted by atomic mass is 10.2. The van der Waals surface area contributed by atoms with Crippen LogP contribution in [0.25, 0.3) is 0 Å². The third-order valence-electron chi connectivity index (χ3n) is 1.80. The van der Waals surface area contributed by atoms with Crippen molar-refractivity contribution in [1.29, 1.82) is 0 Å². The Morgan fingerprint density at radius 1 is 1.50 bits per heavy atom. The van der Waals surface area contributed by atoms with Crippen molar-refractivity contribution in [3.63, 3.8) is 0 Å². The molecule has 0 bridgehead atoms. The van der Waals surface area contributed by atoms with Gasteiger partial charge < -0.3 is 15.3 Å². The summed E-state index contributed by atoms with van der Waals surface area (Å²) in [6, 6.07) is 0. The van der Waals surface area contributed by atoms with Crippen molar-refractivity contribution in [2.75, 3.05) is 20.8 Å². The maximum Gasteiger partial charge on any atom is 0.159 e. The molecule has 0 aliphatic heterocycles. The maximum atomic E-state index is 6.06. The smallest absolute Gasteiger partial charge is 0.159 e. The lowest BCUT2D eigenvalue weighted by molar-refractivity contribution is 0.213. The van der Waals surface area contributed by atoms with E-state index in [0.29, 0.717) is 22.2 Å². The molecule has 1 heterocycles. The maximum absolute atomic E-state index is 6.06. The Morgan fingerprint density at radius 3 is 2.69 bits per heavy atom. The van der Waals surface area contributed by atoms with Gasteiger partial charge in [0.2, 0.25) is 0 Å². The fraction of sp³-hybridized carbons (Fsp3) is 0.333. The SMILES string of the molecule is CON=C(CN)c1ncc(Cl)c(OC)c1Cl. The summed E-state index contributed by atoms with van der Waals surface area (Å²) in [4.78, 5) is 8.69. The largest absolute Gasteiger partial charge is 0.493 e. The lowest BCUT2D eigenvalue weighted by Gasteiger charge is -2.09. The van der Waals surface area contributed by atoms with E-state index >= 15 is 0 Å². The average molecular weight is 264 g/mol. The van der Waals surface area contributed by atoms with E-state index in [1.54, 1.807) is 0 Å². The Labute approximate surface area is 103 Å². The molecule has 0 spiro atoms. The van der Waals surface area contributed by atoms with Gasteiger partial charge in [-0.2, -0.15) is 0 Å². The van der Waals surface area contributed by atoms with Crippen molar-refractivity contribution in [3.05, 3.63) is 21.9 Å². The van der Waals surface area contributed by atoms with Crippen molar-refractivity contribution in [2.45, 2.75) is 0 Å². The molecule has 16 heavy (non-hydrogen) atoms. The van der Waals surface area contributed by atoms with E-state index in [1.165, 1.54) is 20.4 Å². The first kappa shape index (κ1) is 13.0. The minimum absolute atomic E-state index is 0.144. The van der Waals surface area contributed by atoms with Gasteiger partial charge in [-0.25, -0.2) is 0 Å². The molecular weight excluding hydrogens is 253 g/mol. The second-order valence-electron chi connectivity index (χ2n) is 2.73. The zero-order valence-corrected chi connectivity index (χ0v) is 10.3. The van der Waals surface area contributed by atoms with Crippen molar-refractivity contribution >= 4 is 28.9 Å². The molecule has 0 unspecified atom stereocenters. The highest BCUT2D eigenvalue weighted by molar-refractivity contribution is 6.39. The van der Waals surface area contributed by atoms with Gasteiger partial charge in [0.05, 0.1) is 13.3 Å². The topological polar surface area (TPSA) is 69.7 Å². The molecule has 0 saturated carbocycles. The summed E-state index contributed by atoms with van der Waals surface area (Å²) in [5.41, 5.74) is 6.32. The van der Waals surface area contributed by atoms with E-state index in [1.807, 2.05) is 0 Å². The Balaban J connectivity index is 3.29. The van der Waals surface area contributed by atoms with Gasteiger partial charge in [0.15, 0.2) is 5.75 Å². The zero-order valence-electron chi connectivity index (χ0n) is 8.83. The number of nitrogens with two attached hydrogens (primary N) is 1. The molecule has 5 nitrogen and oxygen atoms in total. The van der Waals surface area contributed by atoms with Crippen molar-refractivity contribution in [2.24, 2.45) is 10.9 Å². The van der Waals surface area contributed by atoms with Crippen LogP contribution < -0.4 is 10.5 Å². The quantitative estimate of drug-likeness (QED) is 0.663. The lowest BCUT2D eigenvalue weighted by Crippen LogP contribution is -2.17. The average Bonchev–Trinajstić information content (AvgIpc) is 2.27. The van der Waals surface area contributed by atoms with E-state index in [2.05, 4.69) is 15.0 Å². The summed E-state index contributed by atoms with van der Waals surface area (Å²) < 4.78 is 5.05. The van der Waals surface area contributed by atoms with E-state index in [0.717, 1.165) is 0 Å². The number of halogens is 2. The van der Waals surface area contributed by atoms with E-state index in [-0.39, 0.29) is 11.6 Å². The van der Waals surface area contributed by atoms with E-state index < -0.39 is 0 Å². The van der Waals surface area contributed by atoms with Gasteiger partial charge in [-0.1, -0.05) is 28.4 Å². The van der Waals surface area contributed by atoms with Crippen LogP contribution in [0.1, 0.15) is 5.69 Å². The number of aromatic nitrogens is 1. The highest BCUT2D eigenvalue weighted by atomic mass is 35.5. The second kappa shape index (κ2) is 5.89. The highest BCUT2D eigenvalue weighted by Crippen LogP contribution is 2.33. The molecule has 1 aromatic heterocycles. The zero-order chi connectivity index (χ0) is 12.1. The number of ether oxygens (including phenoxy) is 1. The first-order valence-electron chi connectivity index (χ1n) is 4.34. The van der Waals surface area contributed by atoms with Crippen LogP contribution in [0.5, 0.6) is 5.75 Å². The normalized spacial score (nSPS) is 11.4. The monoisotopic (exact) mass is 263 g/mol. The molecule has 1 aromatic rings. The third-order valence-corrected chi connectivity index (χ3v) is 2.42. The first-order valence-corrected chi connectivity index (χ1v) is 5.09. The van der Waals surface area contributed by atoms with Crippen LogP contribution >= 0.6 is 23.2 Å². The molecular formula is C9H11Cl2N3O2. The number of rotatable bonds is 4. The molecule has 0 atom stereocenters. The van der Waals surface area contributed by atoms with Crippen molar-refractivity contribution < 1.29 is 9.57 Å². The molecule has 0 amide bonds. The number of nitrogens with zero attached hydrogens (tertiary/aromatic N) is 2. The number of hydrogen-bond acceptors (Lipinski definition) is 5. The van der Waals surface area contributed by atoms with Gasteiger partial charge in [-0.15, -0.1) is 0 Å². The van der Waals surface area contributed by atoms with Gasteiger partial charge in [-0.3, -0.25) is 4.98 Å². The van der Waals surface area contributed by atoms with Crippen LogP contribution in [0.2, 0.25) is 10.0 Å². The number of oxime groups is 1. The number of methoxy groups -OCH3 is 1. The van der Waals surface area contributed by atoms with Gasteiger partial charge >= 0.3 is 0 Å². The van der Waals surface area contributed by atoms with Crippen LogP contribution in [-0.2, 0) is 4.84 Å². The van der Waals surface area contributed by atoms with Gasteiger partial charge in [0, 0.05) is 6.54 Å².